The fraction of sp³-hybridized carbons (Fsp3) is 0.812. The molecule has 0 radical (unpaired) electrons. The van der Waals surface area contributed by atoms with Crippen molar-refractivity contribution in [3.8, 4) is 0 Å². The summed E-state index contributed by atoms with van der Waals surface area (Å²) in [6.45, 7) is 18.3. The van der Waals surface area contributed by atoms with Crippen LogP contribution >= 0.6 is 0 Å². The summed E-state index contributed by atoms with van der Waals surface area (Å²) in [6, 6.07) is 0. The molecule has 0 unspecified atom stereocenters. The average Bonchev–Trinajstić information content (AvgIpc) is 2.57. The van der Waals surface area contributed by atoms with Crippen LogP contribution in [0.3, 0.4) is 0 Å². The van der Waals surface area contributed by atoms with Gasteiger partial charge in [-0.2, -0.15) is 0 Å². The second kappa shape index (κ2) is 5.92. The number of hydrogen-bond acceptors (Lipinski definition) is 2. The first-order valence-corrected chi connectivity index (χ1v) is 10.3. The largest absolute Gasteiger partial charge is 0.417 e. The number of carbonyl (C=O) groups excluding carboxylic acids is 1. The number of rotatable bonds is 5. The summed E-state index contributed by atoms with van der Waals surface area (Å²) in [5, 5.41) is 0.255. The van der Waals surface area contributed by atoms with Crippen molar-refractivity contribution in [3.63, 3.8) is 0 Å². The minimum absolute atomic E-state index is 0.167. The van der Waals surface area contributed by atoms with E-state index in [9.17, 15) is 4.79 Å². The molecule has 0 amide bonds. The van der Waals surface area contributed by atoms with E-state index >= 15 is 0 Å². The highest BCUT2D eigenvalue weighted by molar-refractivity contribution is 6.74. The Balaban J connectivity index is 2.42. The van der Waals surface area contributed by atoms with Crippen LogP contribution in [0.25, 0.3) is 0 Å². The highest BCUT2D eigenvalue weighted by Gasteiger charge is 2.37. The maximum atomic E-state index is 11.6. The van der Waals surface area contributed by atoms with E-state index in [-0.39, 0.29) is 11.0 Å². The monoisotopic (exact) mass is 282 g/mol. The Morgan fingerprint density at radius 2 is 2.00 bits per heavy atom. The molecule has 3 heteroatoms. The number of Topliss-reactive ketones (excluding diaryl/α,β-unsaturated/α-hetero) is 1. The van der Waals surface area contributed by atoms with Gasteiger partial charge in [0, 0.05) is 18.9 Å². The molecule has 110 valence electrons. The van der Waals surface area contributed by atoms with Crippen molar-refractivity contribution in [1.82, 2.24) is 0 Å². The summed E-state index contributed by atoms with van der Waals surface area (Å²) in [5.41, 5.74) is 1.21. The average molecular weight is 282 g/mol. The lowest BCUT2D eigenvalue weighted by Gasteiger charge is -2.36. The van der Waals surface area contributed by atoms with Gasteiger partial charge in [-0.1, -0.05) is 39.8 Å². The van der Waals surface area contributed by atoms with E-state index in [1.54, 1.807) is 0 Å². The highest BCUT2D eigenvalue weighted by Crippen LogP contribution is 2.38. The van der Waals surface area contributed by atoms with Gasteiger partial charge in [-0.05, 0) is 36.9 Å². The fourth-order valence-corrected chi connectivity index (χ4v) is 3.44. The van der Waals surface area contributed by atoms with Gasteiger partial charge >= 0.3 is 0 Å². The smallest absolute Gasteiger partial charge is 0.191 e. The Morgan fingerprint density at radius 3 is 2.42 bits per heavy atom. The van der Waals surface area contributed by atoms with Crippen molar-refractivity contribution in [2.24, 2.45) is 11.8 Å². The van der Waals surface area contributed by atoms with Crippen molar-refractivity contribution in [1.29, 1.82) is 0 Å². The lowest BCUT2D eigenvalue weighted by atomic mass is 9.89. The first kappa shape index (κ1) is 16.6. The van der Waals surface area contributed by atoms with Gasteiger partial charge in [0.25, 0.3) is 0 Å². The van der Waals surface area contributed by atoms with Crippen LogP contribution in [0.4, 0.5) is 0 Å². The van der Waals surface area contributed by atoms with E-state index in [1.165, 1.54) is 5.57 Å². The molecule has 0 bridgehead atoms. The molecule has 0 aromatic rings. The minimum Gasteiger partial charge on any atom is -0.417 e. The van der Waals surface area contributed by atoms with Crippen molar-refractivity contribution in [2.75, 3.05) is 6.61 Å². The van der Waals surface area contributed by atoms with Crippen LogP contribution < -0.4 is 0 Å². The van der Waals surface area contributed by atoms with Gasteiger partial charge < -0.3 is 4.43 Å². The van der Waals surface area contributed by atoms with Crippen molar-refractivity contribution in [2.45, 2.75) is 65.1 Å². The van der Waals surface area contributed by atoms with E-state index in [0.717, 1.165) is 25.9 Å². The molecule has 0 aromatic carbocycles. The molecule has 1 saturated carbocycles. The molecule has 0 saturated heterocycles. The molecule has 2 nitrogen and oxygen atoms in total. The van der Waals surface area contributed by atoms with Crippen LogP contribution in [-0.2, 0) is 9.22 Å². The van der Waals surface area contributed by atoms with Crippen LogP contribution in [0.2, 0.25) is 18.1 Å². The van der Waals surface area contributed by atoms with Gasteiger partial charge in [-0.15, -0.1) is 0 Å². The third-order valence-electron chi connectivity index (χ3n) is 5.03. The summed E-state index contributed by atoms with van der Waals surface area (Å²) in [5.74, 6) is 0.951. The zero-order valence-electron chi connectivity index (χ0n) is 13.5. The van der Waals surface area contributed by atoms with E-state index in [4.69, 9.17) is 4.43 Å². The Morgan fingerprint density at radius 1 is 1.42 bits per heavy atom. The molecule has 0 aromatic heterocycles. The van der Waals surface area contributed by atoms with Crippen molar-refractivity contribution >= 4 is 14.1 Å². The maximum absolute atomic E-state index is 11.6. The van der Waals surface area contributed by atoms with Gasteiger partial charge in [0.15, 0.2) is 8.32 Å². The zero-order valence-corrected chi connectivity index (χ0v) is 14.5. The summed E-state index contributed by atoms with van der Waals surface area (Å²) < 4.78 is 6.18. The Hall–Kier alpha value is -0.413. The summed E-state index contributed by atoms with van der Waals surface area (Å²) >= 11 is 0. The lowest BCUT2D eigenvalue weighted by Crippen LogP contribution is -2.41. The fourth-order valence-electron chi connectivity index (χ4n) is 2.40. The van der Waals surface area contributed by atoms with Crippen molar-refractivity contribution in [3.05, 3.63) is 12.2 Å². The third kappa shape index (κ3) is 4.02. The maximum Gasteiger partial charge on any atom is 0.191 e. The first-order valence-electron chi connectivity index (χ1n) is 7.40. The first-order chi connectivity index (χ1) is 8.56. The minimum atomic E-state index is -1.65. The SMILES string of the molecule is C=C(CCO[Si](C)(C)C(C)(C)C)[C@@H]1CCC(=O)[C@H]1C. The third-order valence-corrected chi connectivity index (χ3v) is 9.57. The Bertz CT molecular complexity index is 352. The Kier molecular flexibility index (Phi) is 5.19. The van der Waals surface area contributed by atoms with Gasteiger partial charge in [-0.25, -0.2) is 0 Å². The van der Waals surface area contributed by atoms with E-state index < -0.39 is 8.32 Å². The normalized spacial score (nSPS) is 24.8. The molecule has 1 fully saturated rings. The van der Waals surface area contributed by atoms with Crippen LogP contribution in [0.5, 0.6) is 0 Å². The van der Waals surface area contributed by atoms with Crippen molar-refractivity contribution < 1.29 is 9.22 Å². The second-order valence-electron chi connectivity index (χ2n) is 7.42. The predicted molar refractivity (Wildman–Crippen MR) is 83.8 cm³/mol. The predicted octanol–water partition coefficient (Wildman–Crippen LogP) is 4.57. The van der Waals surface area contributed by atoms with E-state index in [2.05, 4.69) is 40.4 Å². The van der Waals surface area contributed by atoms with Crippen LogP contribution in [-0.4, -0.2) is 20.7 Å². The quantitative estimate of drug-likeness (QED) is 0.545. The summed E-state index contributed by atoms with van der Waals surface area (Å²) in [6.07, 6.45) is 2.61. The molecule has 2 atom stereocenters. The van der Waals surface area contributed by atoms with Gasteiger partial charge in [0.1, 0.15) is 5.78 Å². The summed E-state index contributed by atoms with van der Waals surface area (Å²) in [7, 11) is -1.65. The lowest BCUT2D eigenvalue weighted by molar-refractivity contribution is -0.120. The molecule has 1 aliphatic carbocycles. The Labute approximate surface area is 119 Å². The van der Waals surface area contributed by atoms with Gasteiger partial charge in [-0.3, -0.25) is 4.79 Å². The number of carbonyl (C=O) groups is 1. The van der Waals surface area contributed by atoms with E-state index in [0.29, 0.717) is 11.7 Å². The zero-order chi connectivity index (χ0) is 14.8. The molecular weight excluding hydrogens is 252 g/mol. The molecule has 0 N–H and O–H groups in total. The molecule has 19 heavy (non-hydrogen) atoms. The molecular formula is C16H30O2Si. The van der Waals surface area contributed by atoms with Crippen LogP contribution in [0.15, 0.2) is 12.2 Å². The van der Waals surface area contributed by atoms with E-state index in [1.807, 2.05) is 6.92 Å². The standard InChI is InChI=1S/C16H30O2Si/c1-12(14-8-9-15(17)13(14)2)10-11-18-19(6,7)16(3,4)5/h13-14H,1,8-11H2,2-7H3/t13-,14-/m0/s1. The van der Waals surface area contributed by atoms with Crippen LogP contribution in [0, 0.1) is 11.8 Å². The highest BCUT2D eigenvalue weighted by atomic mass is 28.4. The number of ketones is 1. The molecule has 0 heterocycles. The summed E-state index contributed by atoms with van der Waals surface area (Å²) in [4.78, 5) is 11.6. The van der Waals surface area contributed by atoms with Gasteiger partial charge in [0.05, 0.1) is 0 Å². The topological polar surface area (TPSA) is 26.3 Å². The number of hydrogen-bond donors (Lipinski definition) is 0. The van der Waals surface area contributed by atoms with Crippen LogP contribution in [0.1, 0.15) is 47.0 Å². The molecule has 1 aliphatic rings. The molecule has 1 rings (SSSR count). The van der Waals surface area contributed by atoms with Gasteiger partial charge in [0.2, 0.25) is 0 Å². The second-order valence-corrected chi connectivity index (χ2v) is 12.2. The molecule has 0 spiro atoms. The molecule has 0 aliphatic heterocycles.